The van der Waals surface area contributed by atoms with E-state index in [1.54, 1.807) is 6.26 Å². The van der Waals surface area contributed by atoms with Crippen molar-refractivity contribution in [2.75, 3.05) is 13.2 Å². The van der Waals surface area contributed by atoms with E-state index in [2.05, 4.69) is 12.2 Å². The fourth-order valence-corrected chi connectivity index (χ4v) is 2.06. The molecule has 15 heavy (non-hydrogen) atoms. The Morgan fingerprint density at radius 3 is 2.93 bits per heavy atom. The van der Waals surface area contributed by atoms with Crippen molar-refractivity contribution in [3.63, 3.8) is 0 Å². The van der Waals surface area contributed by atoms with Crippen LogP contribution in [0.1, 0.15) is 25.5 Å². The average molecular weight is 209 g/mol. The molecule has 84 valence electrons. The Morgan fingerprint density at radius 2 is 2.27 bits per heavy atom. The fourth-order valence-electron chi connectivity index (χ4n) is 2.06. The van der Waals surface area contributed by atoms with E-state index in [0.717, 1.165) is 38.2 Å². The van der Waals surface area contributed by atoms with Crippen LogP contribution >= 0.6 is 0 Å². The highest BCUT2D eigenvalue weighted by Gasteiger charge is 2.16. The molecule has 1 N–H and O–H groups in total. The molecule has 3 heteroatoms. The maximum Gasteiger partial charge on any atom is 0.105 e. The molecule has 1 aromatic rings. The maximum atomic E-state index is 5.33. The van der Waals surface area contributed by atoms with Gasteiger partial charge in [0.25, 0.3) is 0 Å². The van der Waals surface area contributed by atoms with Crippen LogP contribution in [0.25, 0.3) is 0 Å². The fraction of sp³-hybridized carbons (Fsp3) is 0.667. The van der Waals surface area contributed by atoms with Crippen molar-refractivity contribution >= 4 is 0 Å². The zero-order chi connectivity index (χ0) is 10.5. The number of hydrogen-bond acceptors (Lipinski definition) is 3. The van der Waals surface area contributed by atoms with E-state index >= 15 is 0 Å². The lowest BCUT2D eigenvalue weighted by Crippen LogP contribution is -2.41. The third-order valence-corrected chi connectivity index (χ3v) is 2.83. The van der Waals surface area contributed by atoms with Gasteiger partial charge in [-0.15, -0.1) is 0 Å². The first-order valence-electron chi connectivity index (χ1n) is 5.71. The number of rotatable bonds is 4. The van der Waals surface area contributed by atoms with E-state index in [0.29, 0.717) is 12.1 Å². The van der Waals surface area contributed by atoms with Crippen LogP contribution in [0.3, 0.4) is 0 Å². The lowest BCUT2D eigenvalue weighted by atomic mass is 10.1. The SMILES string of the molecule is CC(Cc1ccco1)NC1CCOCC1. The van der Waals surface area contributed by atoms with Crippen LogP contribution in [0.5, 0.6) is 0 Å². The van der Waals surface area contributed by atoms with Crippen molar-refractivity contribution in [3.8, 4) is 0 Å². The Hall–Kier alpha value is -0.800. The van der Waals surface area contributed by atoms with Gasteiger partial charge in [0.05, 0.1) is 6.26 Å². The summed E-state index contributed by atoms with van der Waals surface area (Å²) in [6.07, 6.45) is 4.95. The van der Waals surface area contributed by atoms with E-state index in [-0.39, 0.29) is 0 Å². The summed E-state index contributed by atoms with van der Waals surface area (Å²) >= 11 is 0. The molecule has 2 heterocycles. The van der Waals surface area contributed by atoms with Gasteiger partial charge < -0.3 is 14.5 Å². The molecular formula is C12H19NO2. The molecule has 1 aliphatic rings. The molecule has 0 radical (unpaired) electrons. The molecule has 1 aromatic heterocycles. The van der Waals surface area contributed by atoms with Crippen molar-refractivity contribution in [1.82, 2.24) is 5.32 Å². The maximum absolute atomic E-state index is 5.33. The van der Waals surface area contributed by atoms with Gasteiger partial charge in [0.1, 0.15) is 5.76 Å². The van der Waals surface area contributed by atoms with Crippen LogP contribution in [0.2, 0.25) is 0 Å². The molecule has 2 rings (SSSR count). The molecular weight excluding hydrogens is 190 g/mol. The standard InChI is InChI=1S/C12H19NO2/c1-10(9-12-3-2-6-15-12)13-11-4-7-14-8-5-11/h2-3,6,10-11,13H,4-5,7-9H2,1H3. The van der Waals surface area contributed by atoms with Gasteiger partial charge in [-0.2, -0.15) is 0 Å². The number of ether oxygens (including phenoxy) is 1. The summed E-state index contributed by atoms with van der Waals surface area (Å²) < 4.78 is 10.7. The molecule has 0 aromatic carbocycles. The monoisotopic (exact) mass is 209 g/mol. The Balaban J connectivity index is 1.74. The zero-order valence-electron chi connectivity index (χ0n) is 9.24. The quantitative estimate of drug-likeness (QED) is 0.823. The highest BCUT2D eigenvalue weighted by molar-refractivity contribution is 5.00. The zero-order valence-corrected chi connectivity index (χ0v) is 9.24. The molecule has 0 bridgehead atoms. The van der Waals surface area contributed by atoms with E-state index < -0.39 is 0 Å². The molecule has 1 atom stereocenters. The third kappa shape index (κ3) is 3.36. The van der Waals surface area contributed by atoms with Gasteiger partial charge in [0, 0.05) is 31.7 Å². The highest BCUT2D eigenvalue weighted by atomic mass is 16.5. The van der Waals surface area contributed by atoms with E-state index in [4.69, 9.17) is 9.15 Å². The van der Waals surface area contributed by atoms with E-state index in [9.17, 15) is 0 Å². The molecule has 1 unspecified atom stereocenters. The van der Waals surface area contributed by atoms with Gasteiger partial charge in [0.2, 0.25) is 0 Å². The lowest BCUT2D eigenvalue weighted by molar-refractivity contribution is 0.0753. The largest absolute Gasteiger partial charge is 0.469 e. The Kier molecular flexibility index (Phi) is 3.80. The van der Waals surface area contributed by atoms with Crippen LogP contribution in [-0.4, -0.2) is 25.3 Å². The molecule has 0 amide bonds. The van der Waals surface area contributed by atoms with Gasteiger partial charge in [-0.25, -0.2) is 0 Å². The van der Waals surface area contributed by atoms with Crippen LogP contribution < -0.4 is 5.32 Å². The summed E-state index contributed by atoms with van der Waals surface area (Å²) in [6.45, 7) is 3.99. The van der Waals surface area contributed by atoms with Gasteiger partial charge >= 0.3 is 0 Å². The Labute approximate surface area is 90.8 Å². The predicted molar refractivity (Wildman–Crippen MR) is 58.9 cm³/mol. The minimum Gasteiger partial charge on any atom is -0.469 e. The first-order chi connectivity index (χ1) is 7.34. The van der Waals surface area contributed by atoms with Crippen molar-refractivity contribution in [2.24, 2.45) is 0 Å². The van der Waals surface area contributed by atoms with Crippen molar-refractivity contribution in [1.29, 1.82) is 0 Å². The summed E-state index contributed by atoms with van der Waals surface area (Å²) in [7, 11) is 0. The normalized spacial score (nSPS) is 20.3. The van der Waals surface area contributed by atoms with Crippen LogP contribution in [0, 0.1) is 0 Å². The van der Waals surface area contributed by atoms with Crippen molar-refractivity contribution in [3.05, 3.63) is 24.2 Å². The van der Waals surface area contributed by atoms with Gasteiger partial charge in [0.15, 0.2) is 0 Å². The first kappa shape index (κ1) is 10.7. The molecule has 1 saturated heterocycles. The summed E-state index contributed by atoms with van der Waals surface area (Å²) in [5.74, 6) is 1.06. The summed E-state index contributed by atoms with van der Waals surface area (Å²) in [4.78, 5) is 0. The Morgan fingerprint density at radius 1 is 1.47 bits per heavy atom. The highest BCUT2D eigenvalue weighted by Crippen LogP contribution is 2.09. The minimum absolute atomic E-state index is 0.472. The molecule has 0 spiro atoms. The average Bonchev–Trinajstić information content (AvgIpc) is 2.71. The minimum atomic E-state index is 0.472. The predicted octanol–water partition coefficient (Wildman–Crippen LogP) is 1.98. The number of nitrogens with one attached hydrogen (secondary N) is 1. The second-order valence-electron chi connectivity index (χ2n) is 4.24. The molecule has 0 aliphatic carbocycles. The second-order valence-corrected chi connectivity index (χ2v) is 4.24. The van der Waals surface area contributed by atoms with Gasteiger partial charge in [-0.3, -0.25) is 0 Å². The topological polar surface area (TPSA) is 34.4 Å². The number of hydrogen-bond donors (Lipinski definition) is 1. The van der Waals surface area contributed by atoms with Gasteiger partial charge in [-0.1, -0.05) is 0 Å². The molecule has 3 nitrogen and oxygen atoms in total. The molecule has 1 aliphatic heterocycles. The summed E-state index contributed by atoms with van der Waals surface area (Å²) in [6, 6.07) is 5.06. The number of furan rings is 1. The van der Waals surface area contributed by atoms with Crippen molar-refractivity contribution < 1.29 is 9.15 Å². The molecule has 1 fully saturated rings. The molecule has 0 saturated carbocycles. The first-order valence-corrected chi connectivity index (χ1v) is 5.71. The van der Waals surface area contributed by atoms with Crippen LogP contribution in [0.15, 0.2) is 22.8 Å². The van der Waals surface area contributed by atoms with E-state index in [1.807, 2.05) is 12.1 Å². The van der Waals surface area contributed by atoms with Crippen LogP contribution in [-0.2, 0) is 11.2 Å². The lowest BCUT2D eigenvalue weighted by Gasteiger charge is -2.26. The smallest absolute Gasteiger partial charge is 0.105 e. The van der Waals surface area contributed by atoms with Crippen LogP contribution in [0.4, 0.5) is 0 Å². The van der Waals surface area contributed by atoms with Crippen molar-refractivity contribution in [2.45, 2.75) is 38.3 Å². The summed E-state index contributed by atoms with van der Waals surface area (Å²) in [5.41, 5.74) is 0. The third-order valence-electron chi connectivity index (χ3n) is 2.83. The van der Waals surface area contributed by atoms with Gasteiger partial charge in [-0.05, 0) is 31.9 Å². The summed E-state index contributed by atoms with van der Waals surface area (Å²) in [5, 5.41) is 3.62. The Bertz CT molecular complexity index is 265. The van der Waals surface area contributed by atoms with E-state index in [1.165, 1.54) is 0 Å². The second kappa shape index (κ2) is 5.33.